The van der Waals surface area contributed by atoms with Crippen molar-refractivity contribution >= 4 is 29.1 Å². The molecule has 3 aromatic carbocycles. The minimum absolute atomic E-state index is 0.257. The molecule has 136 valence electrons. The highest BCUT2D eigenvalue weighted by Gasteiger charge is 2.22. The van der Waals surface area contributed by atoms with Crippen molar-refractivity contribution in [3.63, 3.8) is 0 Å². The van der Waals surface area contributed by atoms with Crippen molar-refractivity contribution < 1.29 is 14.8 Å². The third-order valence-corrected chi connectivity index (χ3v) is 4.37. The molecule has 0 saturated heterocycles. The topological polar surface area (TPSA) is 78.4 Å². The summed E-state index contributed by atoms with van der Waals surface area (Å²) in [5, 5.41) is 12.4. The van der Waals surface area contributed by atoms with Crippen LogP contribution in [0.5, 0.6) is 0 Å². The molecule has 6 heteroatoms. The smallest absolute Gasteiger partial charge is 0.255 e. The molecular weight excluding hydrogens is 364 g/mol. The van der Waals surface area contributed by atoms with Gasteiger partial charge in [0.1, 0.15) is 0 Å². The number of halogens is 1. The van der Waals surface area contributed by atoms with Gasteiger partial charge in [-0.25, -0.2) is 5.48 Å². The van der Waals surface area contributed by atoms with Crippen LogP contribution >= 0.6 is 11.6 Å². The highest BCUT2D eigenvalue weighted by atomic mass is 35.5. The summed E-state index contributed by atoms with van der Waals surface area (Å²) in [6.45, 7) is 0. The summed E-state index contributed by atoms with van der Waals surface area (Å²) in [4.78, 5) is 24.4. The Bertz CT molecular complexity index is 926. The van der Waals surface area contributed by atoms with E-state index in [0.29, 0.717) is 21.8 Å². The van der Waals surface area contributed by atoms with Gasteiger partial charge in [-0.15, -0.1) is 0 Å². The van der Waals surface area contributed by atoms with Crippen LogP contribution in [-0.4, -0.2) is 17.0 Å². The van der Waals surface area contributed by atoms with Gasteiger partial charge in [0.15, 0.2) is 0 Å². The van der Waals surface area contributed by atoms with Crippen LogP contribution in [-0.2, 0) is 4.79 Å². The summed E-state index contributed by atoms with van der Waals surface area (Å²) >= 11 is 5.83. The molecule has 0 bridgehead atoms. The molecule has 3 N–H and O–H groups in total. The van der Waals surface area contributed by atoms with Gasteiger partial charge in [-0.2, -0.15) is 0 Å². The number of benzene rings is 3. The Morgan fingerprint density at radius 1 is 0.815 bits per heavy atom. The van der Waals surface area contributed by atoms with Gasteiger partial charge in [-0.1, -0.05) is 54.1 Å². The summed E-state index contributed by atoms with van der Waals surface area (Å²) in [6, 6.07) is 22.6. The average Bonchev–Trinajstić information content (AvgIpc) is 2.70. The molecule has 0 saturated carbocycles. The fraction of sp³-hybridized carbons (Fsp3) is 0.0476. The molecule has 0 heterocycles. The maximum absolute atomic E-state index is 12.3. The van der Waals surface area contributed by atoms with Crippen LogP contribution in [0, 0.1) is 0 Å². The van der Waals surface area contributed by atoms with E-state index in [1.54, 1.807) is 54.0 Å². The van der Waals surface area contributed by atoms with E-state index in [4.69, 9.17) is 16.8 Å². The molecule has 3 rings (SSSR count). The second kappa shape index (κ2) is 8.49. The first-order valence-corrected chi connectivity index (χ1v) is 8.62. The normalized spacial score (nSPS) is 11.5. The van der Waals surface area contributed by atoms with Crippen molar-refractivity contribution in [2.24, 2.45) is 0 Å². The Labute approximate surface area is 161 Å². The van der Waals surface area contributed by atoms with Gasteiger partial charge >= 0.3 is 0 Å². The summed E-state index contributed by atoms with van der Waals surface area (Å²) in [6.07, 6.45) is 0. The molecular formula is C21H17ClN2O3. The molecule has 0 spiro atoms. The van der Waals surface area contributed by atoms with Crippen LogP contribution in [0.1, 0.15) is 27.4 Å². The second-order valence-electron chi connectivity index (χ2n) is 5.90. The van der Waals surface area contributed by atoms with Crippen molar-refractivity contribution in [3.05, 3.63) is 101 Å². The molecule has 0 aromatic heterocycles. The van der Waals surface area contributed by atoms with Gasteiger partial charge in [0.2, 0.25) is 0 Å². The van der Waals surface area contributed by atoms with Crippen molar-refractivity contribution in [1.82, 2.24) is 5.48 Å². The molecule has 0 radical (unpaired) electrons. The zero-order chi connectivity index (χ0) is 19.2. The lowest BCUT2D eigenvalue weighted by atomic mass is 9.90. The largest absolute Gasteiger partial charge is 0.322 e. The summed E-state index contributed by atoms with van der Waals surface area (Å²) in [5.41, 5.74) is 4.24. The number of hydroxylamine groups is 1. The highest BCUT2D eigenvalue weighted by Crippen LogP contribution is 2.26. The van der Waals surface area contributed by atoms with E-state index < -0.39 is 11.8 Å². The van der Waals surface area contributed by atoms with Crippen LogP contribution in [0.2, 0.25) is 5.02 Å². The second-order valence-corrected chi connectivity index (χ2v) is 6.34. The Balaban J connectivity index is 1.80. The van der Waals surface area contributed by atoms with E-state index >= 15 is 0 Å². The number of hydrogen-bond donors (Lipinski definition) is 3. The summed E-state index contributed by atoms with van der Waals surface area (Å²) in [5.74, 6) is -1.44. The zero-order valence-corrected chi connectivity index (χ0v) is 15.0. The number of rotatable bonds is 5. The average molecular weight is 381 g/mol. The number of amides is 2. The van der Waals surface area contributed by atoms with Crippen molar-refractivity contribution in [1.29, 1.82) is 0 Å². The van der Waals surface area contributed by atoms with E-state index in [1.165, 1.54) is 0 Å². The van der Waals surface area contributed by atoms with Gasteiger partial charge < -0.3 is 5.32 Å². The Morgan fingerprint density at radius 3 is 2.00 bits per heavy atom. The molecule has 27 heavy (non-hydrogen) atoms. The van der Waals surface area contributed by atoms with Gasteiger partial charge in [0.25, 0.3) is 11.8 Å². The van der Waals surface area contributed by atoms with Crippen molar-refractivity contribution in [3.8, 4) is 0 Å². The minimum Gasteiger partial charge on any atom is -0.322 e. The lowest BCUT2D eigenvalue weighted by Crippen LogP contribution is -2.27. The maximum atomic E-state index is 12.3. The first kappa shape index (κ1) is 18.6. The monoisotopic (exact) mass is 380 g/mol. The molecule has 2 amide bonds. The van der Waals surface area contributed by atoms with Gasteiger partial charge in [-0.05, 0) is 47.5 Å². The Hall–Kier alpha value is -3.15. The Kier molecular flexibility index (Phi) is 5.86. The van der Waals surface area contributed by atoms with E-state index in [2.05, 4.69) is 5.32 Å². The van der Waals surface area contributed by atoms with E-state index in [0.717, 1.165) is 5.56 Å². The minimum atomic E-state index is -0.655. The molecule has 1 atom stereocenters. The van der Waals surface area contributed by atoms with Crippen LogP contribution in [0.15, 0.2) is 78.9 Å². The van der Waals surface area contributed by atoms with E-state index in [-0.39, 0.29) is 5.91 Å². The lowest BCUT2D eigenvalue weighted by Gasteiger charge is -2.16. The van der Waals surface area contributed by atoms with Crippen molar-refractivity contribution in [2.75, 3.05) is 5.32 Å². The third kappa shape index (κ3) is 4.53. The standard InChI is InChI=1S/C21H17ClN2O3/c22-17-10-6-16(7-11-17)20(25)23-18-12-8-15(9-13-18)19(21(26)24-27)14-4-2-1-3-5-14/h1-13,19,27H,(H,23,25)(H,24,26). The molecule has 0 aliphatic rings. The third-order valence-electron chi connectivity index (χ3n) is 4.11. The summed E-state index contributed by atoms with van der Waals surface area (Å²) in [7, 11) is 0. The number of carbonyl (C=O) groups excluding carboxylic acids is 2. The molecule has 0 fully saturated rings. The number of carbonyl (C=O) groups is 2. The lowest BCUT2D eigenvalue weighted by molar-refractivity contribution is -0.129. The predicted molar refractivity (Wildman–Crippen MR) is 104 cm³/mol. The number of hydrogen-bond acceptors (Lipinski definition) is 3. The fourth-order valence-corrected chi connectivity index (χ4v) is 2.89. The molecule has 1 unspecified atom stereocenters. The quantitative estimate of drug-likeness (QED) is 0.458. The SMILES string of the molecule is O=C(Nc1ccc(C(C(=O)NO)c2ccccc2)cc1)c1ccc(Cl)cc1. The highest BCUT2D eigenvalue weighted by molar-refractivity contribution is 6.30. The van der Waals surface area contributed by atoms with Crippen LogP contribution < -0.4 is 10.8 Å². The zero-order valence-electron chi connectivity index (χ0n) is 14.2. The van der Waals surface area contributed by atoms with Crippen LogP contribution in [0.25, 0.3) is 0 Å². The fourth-order valence-electron chi connectivity index (χ4n) is 2.77. The Morgan fingerprint density at radius 2 is 1.41 bits per heavy atom. The number of anilines is 1. The van der Waals surface area contributed by atoms with Gasteiger partial charge in [0.05, 0.1) is 5.92 Å². The van der Waals surface area contributed by atoms with E-state index in [9.17, 15) is 9.59 Å². The molecule has 5 nitrogen and oxygen atoms in total. The van der Waals surface area contributed by atoms with E-state index in [1.807, 2.05) is 30.3 Å². The van der Waals surface area contributed by atoms with Crippen LogP contribution in [0.4, 0.5) is 5.69 Å². The molecule has 0 aliphatic carbocycles. The first-order valence-electron chi connectivity index (χ1n) is 8.24. The van der Waals surface area contributed by atoms with Gasteiger partial charge in [0, 0.05) is 16.3 Å². The first-order chi connectivity index (χ1) is 13.1. The van der Waals surface area contributed by atoms with Crippen molar-refractivity contribution in [2.45, 2.75) is 5.92 Å². The summed E-state index contributed by atoms with van der Waals surface area (Å²) < 4.78 is 0. The molecule has 3 aromatic rings. The number of nitrogens with one attached hydrogen (secondary N) is 2. The van der Waals surface area contributed by atoms with Crippen LogP contribution in [0.3, 0.4) is 0 Å². The molecule has 0 aliphatic heterocycles. The van der Waals surface area contributed by atoms with Gasteiger partial charge in [-0.3, -0.25) is 14.8 Å². The predicted octanol–water partition coefficient (Wildman–Crippen LogP) is 4.23. The maximum Gasteiger partial charge on any atom is 0.255 e.